The van der Waals surface area contributed by atoms with Crippen LogP contribution in [0.5, 0.6) is 11.5 Å². The number of hydrogen-bond donors (Lipinski definition) is 1. The number of carbonyl (C=O) groups is 1. The first-order valence-electron chi connectivity index (χ1n) is 12.9. The van der Waals surface area contributed by atoms with Crippen LogP contribution < -0.4 is 9.47 Å². The molecule has 0 aliphatic rings. The number of rotatable bonds is 12. The first-order valence-corrected chi connectivity index (χ1v) is 12.9. The van der Waals surface area contributed by atoms with Crippen molar-refractivity contribution in [2.45, 2.75) is 58.7 Å². The van der Waals surface area contributed by atoms with E-state index in [4.69, 9.17) is 14.2 Å². The second-order valence-electron chi connectivity index (χ2n) is 9.98. The minimum Gasteiger partial charge on any atom is -0.493 e. The monoisotopic (exact) mass is 517 g/mol. The van der Waals surface area contributed by atoms with Crippen LogP contribution in [0.1, 0.15) is 57.6 Å². The van der Waals surface area contributed by atoms with Crippen LogP contribution >= 0.6 is 0 Å². The van der Waals surface area contributed by atoms with Gasteiger partial charge in [-0.15, -0.1) is 5.10 Å². The van der Waals surface area contributed by atoms with E-state index in [2.05, 4.69) is 10.1 Å². The molecule has 0 aliphatic heterocycles. The van der Waals surface area contributed by atoms with Gasteiger partial charge in [-0.25, -0.2) is 9.50 Å². The third-order valence-corrected chi connectivity index (χ3v) is 6.12. The Morgan fingerprint density at radius 2 is 1.68 bits per heavy atom. The smallest absolute Gasteiger partial charge is 0.306 e. The second-order valence-corrected chi connectivity index (χ2v) is 9.98. The summed E-state index contributed by atoms with van der Waals surface area (Å²) in [7, 11) is 0. The van der Waals surface area contributed by atoms with E-state index in [1.807, 2.05) is 80.7 Å². The van der Waals surface area contributed by atoms with Crippen LogP contribution in [-0.2, 0) is 16.1 Å². The van der Waals surface area contributed by atoms with Crippen molar-refractivity contribution in [1.82, 2.24) is 14.6 Å². The van der Waals surface area contributed by atoms with Crippen molar-refractivity contribution >= 4 is 11.6 Å². The maximum absolute atomic E-state index is 11.7. The Balaban J connectivity index is 1.34. The molecule has 0 amide bonds. The molecular weight excluding hydrogens is 482 g/mol. The molecule has 8 heteroatoms. The van der Waals surface area contributed by atoms with Crippen LogP contribution in [0.4, 0.5) is 0 Å². The first-order chi connectivity index (χ1) is 18.2. The molecule has 1 N–H and O–H groups in total. The SMILES string of the molecule is CCOC(=O)CC(C)c1ccc(OCc2ccc3nc(-c4ccc(OCCC(C)(C)O)cc4)nn3c2)cc1. The van der Waals surface area contributed by atoms with Crippen LogP contribution in [-0.4, -0.2) is 44.5 Å². The summed E-state index contributed by atoms with van der Waals surface area (Å²) in [6.07, 6.45) is 2.82. The molecule has 0 bridgehead atoms. The van der Waals surface area contributed by atoms with E-state index in [0.29, 0.717) is 38.5 Å². The second kappa shape index (κ2) is 12.1. The van der Waals surface area contributed by atoms with Crippen LogP contribution in [0.15, 0.2) is 66.9 Å². The van der Waals surface area contributed by atoms with E-state index < -0.39 is 5.60 Å². The van der Waals surface area contributed by atoms with Gasteiger partial charge < -0.3 is 19.3 Å². The van der Waals surface area contributed by atoms with Crippen molar-refractivity contribution in [2.24, 2.45) is 0 Å². The van der Waals surface area contributed by atoms with Crippen molar-refractivity contribution < 1.29 is 24.1 Å². The summed E-state index contributed by atoms with van der Waals surface area (Å²) in [5.41, 5.74) is 2.91. The molecule has 1 atom stereocenters. The molecule has 8 nitrogen and oxygen atoms in total. The largest absolute Gasteiger partial charge is 0.493 e. The maximum Gasteiger partial charge on any atom is 0.306 e. The average Bonchev–Trinajstić information content (AvgIpc) is 3.31. The predicted octanol–water partition coefficient (Wildman–Crippen LogP) is 5.57. The van der Waals surface area contributed by atoms with Gasteiger partial charge in [0.15, 0.2) is 11.5 Å². The third kappa shape index (κ3) is 7.55. The number of aromatic nitrogens is 3. The van der Waals surface area contributed by atoms with Gasteiger partial charge in [0.2, 0.25) is 0 Å². The minimum absolute atomic E-state index is 0.0782. The van der Waals surface area contributed by atoms with E-state index in [0.717, 1.165) is 33.8 Å². The van der Waals surface area contributed by atoms with Crippen molar-refractivity contribution in [3.05, 3.63) is 78.0 Å². The third-order valence-electron chi connectivity index (χ3n) is 6.12. The molecule has 4 rings (SSSR count). The number of aliphatic hydroxyl groups is 1. The summed E-state index contributed by atoms with van der Waals surface area (Å²) in [5, 5.41) is 14.4. The predicted molar refractivity (Wildman–Crippen MR) is 145 cm³/mol. The molecule has 2 aromatic carbocycles. The van der Waals surface area contributed by atoms with Crippen molar-refractivity contribution in [3.63, 3.8) is 0 Å². The zero-order chi connectivity index (χ0) is 27.1. The summed E-state index contributed by atoms with van der Waals surface area (Å²) >= 11 is 0. The number of hydrogen-bond acceptors (Lipinski definition) is 7. The first kappa shape index (κ1) is 27.1. The molecule has 2 heterocycles. The summed E-state index contributed by atoms with van der Waals surface area (Å²) in [5.74, 6) is 2.01. The van der Waals surface area contributed by atoms with Gasteiger partial charge >= 0.3 is 5.97 Å². The zero-order valence-electron chi connectivity index (χ0n) is 22.4. The number of esters is 1. The number of carbonyl (C=O) groups excluding carboxylic acids is 1. The Hall–Kier alpha value is -3.91. The number of pyridine rings is 1. The molecule has 200 valence electrons. The van der Waals surface area contributed by atoms with Crippen molar-refractivity contribution in [1.29, 1.82) is 0 Å². The maximum atomic E-state index is 11.7. The molecule has 0 fully saturated rings. The Labute approximate surface area is 223 Å². The van der Waals surface area contributed by atoms with E-state index >= 15 is 0 Å². The van der Waals surface area contributed by atoms with Crippen molar-refractivity contribution in [2.75, 3.05) is 13.2 Å². The fourth-order valence-corrected chi connectivity index (χ4v) is 3.90. The fourth-order valence-electron chi connectivity index (χ4n) is 3.90. The average molecular weight is 518 g/mol. The van der Waals surface area contributed by atoms with Gasteiger partial charge in [0.25, 0.3) is 0 Å². The van der Waals surface area contributed by atoms with E-state index in [1.54, 1.807) is 18.4 Å². The Morgan fingerprint density at radius 3 is 2.37 bits per heavy atom. The number of benzene rings is 2. The summed E-state index contributed by atoms with van der Waals surface area (Å²) < 4.78 is 18.5. The number of ether oxygens (including phenoxy) is 3. The lowest BCUT2D eigenvalue weighted by atomic mass is 9.98. The van der Waals surface area contributed by atoms with E-state index in [1.165, 1.54) is 0 Å². The van der Waals surface area contributed by atoms with Crippen molar-refractivity contribution in [3.8, 4) is 22.9 Å². The van der Waals surface area contributed by atoms with E-state index in [9.17, 15) is 9.90 Å². The molecule has 0 radical (unpaired) electrons. The molecule has 0 saturated heterocycles. The molecule has 0 saturated carbocycles. The minimum atomic E-state index is -0.750. The highest BCUT2D eigenvalue weighted by atomic mass is 16.5. The Morgan fingerprint density at radius 1 is 1.00 bits per heavy atom. The normalized spacial score (nSPS) is 12.3. The number of nitrogens with zero attached hydrogens (tertiary/aromatic N) is 3. The molecule has 4 aromatic rings. The molecule has 1 unspecified atom stereocenters. The van der Waals surface area contributed by atoms with Crippen LogP contribution in [0.3, 0.4) is 0 Å². The summed E-state index contributed by atoms with van der Waals surface area (Å²) in [6.45, 7) is 8.58. The summed E-state index contributed by atoms with van der Waals surface area (Å²) in [4.78, 5) is 16.4. The van der Waals surface area contributed by atoms with Gasteiger partial charge in [0.05, 0.1) is 25.2 Å². The highest BCUT2D eigenvalue weighted by Crippen LogP contribution is 2.24. The molecule has 0 aliphatic carbocycles. The van der Waals surface area contributed by atoms with Gasteiger partial charge in [-0.2, -0.15) is 0 Å². The Kier molecular flexibility index (Phi) is 8.63. The van der Waals surface area contributed by atoms with Gasteiger partial charge in [0, 0.05) is 23.7 Å². The highest BCUT2D eigenvalue weighted by Gasteiger charge is 2.14. The topological polar surface area (TPSA) is 95.2 Å². The lowest BCUT2D eigenvalue weighted by Gasteiger charge is -2.17. The van der Waals surface area contributed by atoms with Crippen LogP contribution in [0.2, 0.25) is 0 Å². The van der Waals surface area contributed by atoms with Gasteiger partial charge in [-0.3, -0.25) is 4.79 Å². The molecule has 38 heavy (non-hydrogen) atoms. The zero-order valence-corrected chi connectivity index (χ0v) is 22.4. The van der Waals surface area contributed by atoms with Gasteiger partial charge in [-0.1, -0.05) is 25.1 Å². The molecular formula is C30H35N3O5. The summed E-state index contributed by atoms with van der Waals surface area (Å²) in [6, 6.07) is 19.3. The lowest BCUT2D eigenvalue weighted by Crippen LogP contribution is -2.21. The number of fused-ring (bicyclic) bond motifs is 1. The molecule has 2 aromatic heterocycles. The van der Waals surface area contributed by atoms with Crippen LogP contribution in [0, 0.1) is 0 Å². The molecule has 0 spiro atoms. The van der Waals surface area contributed by atoms with Gasteiger partial charge in [0.1, 0.15) is 18.1 Å². The van der Waals surface area contributed by atoms with Gasteiger partial charge in [-0.05, 0) is 74.7 Å². The Bertz CT molecular complexity index is 1340. The highest BCUT2D eigenvalue weighted by molar-refractivity contribution is 5.70. The lowest BCUT2D eigenvalue weighted by molar-refractivity contribution is -0.143. The van der Waals surface area contributed by atoms with E-state index in [-0.39, 0.29) is 11.9 Å². The quantitative estimate of drug-likeness (QED) is 0.245. The van der Waals surface area contributed by atoms with Crippen LogP contribution in [0.25, 0.3) is 17.0 Å². The fraction of sp³-hybridized carbons (Fsp3) is 0.367. The standard InChI is InChI=1S/C30H35N3O5/c1-5-36-28(34)18-21(2)23-7-11-26(12-8-23)38-20-22-6-15-27-31-29(32-33(27)19-22)24-9-13-25(14-10-24)37-17-16-30(3,4)35/h6-15,19,21,35H,5,16-18,20H2,1-4H3.